The zero-order valence-electron chi connectivity index (χ0n) is 11.3. The molecule has 1 amide bonds. The molecule has 0 unspecified atom stereocenters. The van der Waals surface area contributed by atoms with Crippen LogP contribution >= 0.6 is 34.5 Å². The number of hydrogen-bond donors (Lipinski definition) is 3. The average Bonchev–Trinajstić information content (AvgIpc) is 3.02. The Labute approximate surface area is 140 Å². The van der Waals surface area contributed by atoms with Gasteiger partial charge in [-0.15, -0.1) is 11.3 Å². The van der Waals surface area contributed by atoms with Crippen LogP contribution in [0, 0.1) is 0 Å². The number of carbonyl (C=O) groups excluding carboxylic acids is 1. The number of thiophene rings is 1. The number of aromatic hydroxyl groups is 1. The molecule has 0 spiro atoms. The number of rotatable bonds is 4. The molecule has 1 aromatic carbocycles. The number of halogens is 2. The Morgan fingerprint density at radius 3 is 2.82 bits per heavy atom. The molecule has 3 N–H and O–H groups in total. The van der Waals surface area contributed by atoms with Crippen molar-refractivity contribution in [2.24, 2.45) is 0 Å². The van der Waals surface area contributed by atoms with Crippen LogP contribution in [0.25, 0.3) is 10.2 Å². The fourth-order valence-corrected chi connectivity index (χ4v) is 3.65. The second-order valence-electron chi connectivity index (χ2n) is 4.75. The van der Waals surface area contributed by atoms with Gasteiger partial charge < -0.3 is 15.4 Å². The number of benzene rings is 1. The van der Waals surface area contributed by atoms with Crippen LogP contribution in [0.15, 0.2) is 30.3 Å². The number of carbonyl (C=O) groups is 1. The minimum Gasteiger partial charge on any atom is -0.508 e. The smallest absolute Gasteiger partial charge is 0.267 e. The van der Waals surface area contributed by atoms with Gasteiger partial charge in [-0.05, 0) is 24.1 Å². The van der Waals surface area contributed by atoms with Crippen LogP contribution in [0.4, 0.5) is 0 Å². The van der Waals surface area contributed by atoms with Gasteiger partial charge in [0.15, 0.2) is 0 Å². The van der Waals surface area contributed by atoms with Crippen LogP contribution in [0.1, 0.15) is 16.1 Å². The maximum Gasteiger partial charge on any atom is 0.267 e. The van der Waals surface area contributed by atoms with Crippen LogP contribution in [0.2, 0.25) is 9.36 Å². The summed E-state index contributed by atoms with van der Waals surface area (Å²) in [6, 6.07) is 8.79. The molecule has 3 rings (SSSR count). The summed E-state index contributed by atoms with van der Waals surface area (Å²) in [5, 5.41) is 12.9. The summed E-state index contributed by atoms with van der Waals surface area (Å²) in [6.07, 6.45) is 0.556. The van der Waals surface area contributed by atoms with E-state index in [1.807, 2.05) is 12.1 Å². The zero-order chi connectivity index (χ0) is 15.7. The second kappa shape index (κ2) is 6.20. The molecular weight excluding hydrogens is 343 g/mol. The van der Waals surface area contributed by atoms with Gasteiger partial charge in [0.1, 0.15) is 15.8 Å². The lowest BCUT2D eigenvalue weighted by Gasteiger charge is -2.05. The standard InChI is InChI=1S/C15H12Cl2N2O2S/c16-12-13-11(22-14(12)17)7-9(19-13)15(21)18-6-5-8-3-1-2-4-10(8)20/h1-4,7,19-20H,5-6H2,(H,18,21). The van der Waals surface area contributed by atoms with E-state index in [-0.39, 0.29) is 11.7 Å². The molecule has 4 nitrogen and oxygen atoms in total. The highest BCUT2D eigenvalue weighted by Crippen LogP contribution is 2.38. The number of amides is 1. The molecule has 2 heterocycles. The van der Waals surface area contributed by atoms with Gasteiger partial charge in [-0.2, -0.15) is 0 Å². The molecule has 0 aliphatic heterocycles. The summed E-state index contributed by atoms with van der Waals surface area (Å²) in [7, 11) is 0. The first-order valence-corrected chi connectivity index (χ1v) is 8.15. The number of nitrogens with one attached hydrogen (secondary N) is 2. The second-order valence-corrected chi connectivity index (χ2v) is 6.78. The van der Waals surface area contributed by atoms with Crippen molar-refractivity contribution >= 4 is 50.7 Å². The molecule has 0 bridgehead atoms. The van der Waals surface area contributed by atoms with Crippen LogP contribution in [-0.4, -0.2) is 22.5 Å². The van der Waals surface area contributed by atoms with E-state index in [1.54, 1.807) is 18.2 Å². The summed E-state index contributed by atoms with van der Waals surface area (Å²) in [5.41, 5.74) is 1.92. The first-order chi connectivity index (χ1) is 10.6. The molecule has 22 heavy (non-hydrogen) atoms. The SMILES string of the molecule is O=C(NCCc1ccccc1O)c1cc2sc(Cl)c(Cl)c2[nH]1. The summed E-state index contributed by atoms with van der Waals surface area (Å²) in [5.74, 6) is 0.0181. The highest BCUT2D eigenvalue weighted by molar-refractivity contribution is 7.23. The highest BCUT2D eigenvalue weighted by Gasteiger charge is 2.15. The Kier molecular flexibility index (Phi) is 4.29. The van der Waals surface area contributed by atoms with E-state index < -0.39 is 0 Å². The van der Waals surface area contributed by atoms with Crippen LogP contribution in [-0.2, 0) is 6.42 Å². The Bertz CT molecular complexity index is 841. The van der Waals surface area contributed by atoms with E-state index in [0.29, 0.717) is 33.5 Å². The number of hydrogen-bond acceptors (Lipinski definition) is 3. The summed E-state index contributed by atoms with van der Waals surface area (Å²) in [4.78, 5) is 15.1. The molecule has 0 fully saturated rings. The van der Waals surface area contributed by atoms with Gasteiger partial charge in [-0.3, -0.25) is 4.79 Å². The number of aromatic nitrogens is 1. The molecule has 2 aromatic heterocycles. The molecule has 0 saturated carbocycles. The van der Waals surface area contributed by atoms with Crippen LogP contribution < -0.4 is 5.32 Å². The third kappa shape index (κ3) is 2.92. The number of phenolic OH excluding ortho intramolecular Hbond substituents is 1. The topological polar surface area (TPSA) is 65.1 Å². The Morgan fingerprint density at radius 1 is 1.32 bits per heavy atom. The minimum atomic E-state index is -0.217. The fourth-order valence-electron chi connectivity index (χ4n) is 2.17. The molecule has 7 heteroatoms. The molecule has 0 atom stereocenters. The van der Waals surface area contributed by atoms with Gasteiger partial charge in [0.2, 0.25) is 0 Å². The number of para-hydroxylation sites is 1. The maximum atomic E-state index is 12.1. The predicted molar refractivity (Wildman–Crippen MR) is 90.3 cm³/mol. The van der Waals surface area contributed by atoms with E-state index in [1.165, 1.54) is 11.3 Å². The fraction of sp³-hybridized carbons (Fsp3) is 0.133. The van der Waals surface area contributed by atoms with Gasteiger partial charge in [0.25, 0.3) is 5.91 Å². The van der Waals surface area contributed by atoms with Crippen molar-refractivity contribution in [2.45, 2.75) is 6.42 Å². The first-order valence-electron chi connectivity index (χ1n) is 6.58. The van der Waals surface area contributed by atoms with E-state index in [4.69, 9.17) is 23.2 Å². The van der Waals surface area contributed by atoms with Crippen molar-refractivity contribution in [1.29, 1.82) is 0 Å². The molecule has 0 saturated heterocycles. The molecule has 0 radical (unpaired) electrons. The van der Waals surface area contributed by atoms with Gasteiger partial charge in [-0.1, -0.05) is 41.4 Å². The number of phenols is 1. The van der Waals surface area contributed by atoms with Gasteiger partial charge in [0, 0.05) is 6.54 Å². The van der Waals surface area contributed by atoms with E-state index in [2.05, 4.69) is 10.3 Å². The van der Waals surface area contributed by atoms with E-state index >= 15 is 0 Å². The lowest BCUT2D eigenvalue weighted by atomic mass is 10.1. The first kappa shape index (κ1) is 15.2. The predicted octanol–water partition coefficient (Wildman–Crippen LogP) is 4.21. The third-order valence-electron chi connectivity index (χ3n) is 3.29. The molecule has 3 aromatic rings. The summed E-state index contributed by atoms with van der Waals surface area (Å²) in [6.45, 7) is 0.428. The third-order valence-corrected chi connectivity index (χ3v) is 5.22. The van der Waals surface area contributed by atoms with Gasteiger partial charge in [0.05, 0.1) is 15.2 Å². The van der Waals surface area contributed by atoms with Crippen molar-refractivity contribution in [1.82, 2.24) is 10.3 Å². The average molecular weight is 355 g/mol. The number of fused-ring (bicyclic) bond motifs is 1. The Balaban J connectivity index is 1.65. The van der Waals surface area contributed by atoms with Gasteiger partial charge >= 0.3 is 0 Å². The Hall–Kier alpha value is -1.69. The van der Waals surface area contributed by atoms with Gasteiger partial charge in [-0.25, -0.2) is 0 Å². The quantitative estimate of drug-likeness (QED) is 0.656. The van der Waals surface area contributed by atoms with Crippen molar-refractivity contribution < 1.29 is 9.90 Å². The zero-order valence-corrected chi connectivity index (χ0v) is 13.6. The normalized spacial score (nSPS) is 11.0. The van der Waals surface area contributed by atoms with Crippen molar-refractivity contribution in [3.63, 3.8) is 0 Å². The lowest BCUT2D eigenvalue weighted by molar-refractivity contribution is 0.0950. The number of aromatic amines is 1. The van der Waals surface area contributed by atoms with Crippen molar-refractivity contribution in [2.75, 3.05) is 6.54 Å². The van der Waals surface area contributed by atoms with Crippen LogP contribution in [0.3, 0.4) is 0 Å². The van der Waals surface area contributed by atoms with Crippen LogP contribution in [0.5, 0.6) is 5.75 Å². The molecule has 0 aliphatic carbocycles. The number of H-pyrrole nitrogens is 1. The molecule has 0 aliphatic rings. The monoisotopic (exact) mass is 354 g/mol. The highest BCUT2D eigenvalue weighted by atomic mass is 35.5. The molecular formula is C15H12Cl2N2O2S. The molecule has 114 valence electrons. The minimum absolute atomic E-state index is 0.217. The van der Waals surface area contributed by atoms with Crippen molar-refractivity contribution in [3.8, 4) is 5.75 Å². The summed E-state index contributed by atoms with van der Waals surface area (Å²) < 4.78 is 1.36. The van der Waals surface area contributed by atoms with E-state index in [9.17, 15) is 9.90 Å². The Morgan fingerprint density at radius 2 is 2.09 bits per heavy atom. The summed E-state index contributed by atoms with van der Waals surface area (Å²) >= 11 is 13.3. The maximum absolute atomic E-state index is 12.1. The lowest BCUT2D eigenvalue weighted by Crippen LogP contribution is -2.25. The van der Waals surface area contributed by atoms with Crippen molar-refractivity contribution in [3.05, 3.63) is 50.9 Å². The van der Waals surface area contributed by atoms with E-state index in [0.717, 1.165) is 10.3 Å². The largest absolute Gasteiger partial charge is 0.508 e.